The molecule has 0 N–H and O–H groups in total. The first-order valence-corrected chi connectivity index (χ1v) is 7.55. The summed E-state index contributed by atoms with van der Waals surface area (Å²) >= 11 is 0. The first-order valence-electron chi connectivity index (χ1n) is 7.55. The van der Waals surface area contributed by atoms with Crippen LogP contribution >= 0.6 is 0 Å². The van der Waals surface area contributed by atoms with Crippen LogP contribution in [-0.4, -0.2) is 36.6 Å². The molecule has 0 aromatic heterocycles. The van der Waals surface area contributed by atoms with Crippen molar-refractivity contribution < 1.29 is 14.2 Å². The van der Waals surface area contributed by atoms with Crippen molar-refractivity contribution >= 4 is 0 Å². The zero-order valence-corrected chi connectivity index (χ0v) is 14.2. The average molecular weight is 274 g/mol. The van der Waals surface area contributed by atoms with Crippen LogP contribution in [0.2, 0.25) is 0 Å². The molecule has 0 amide bonds. The Labute approximate surface area is 120 Å². The second-order valence-corrected chi connectivity index (χ2v) is 6.61. The molecule has 2 atom stereocenters. The smallest absolute Gasteiger partial charge is 0.0785 e. The van der Waals surface area contributed by atoms with Gasteiger partial charge in [0.1, 0.15) is 0 Å². The first kappa shape index (κ1) is 18.9. The predicted octanol–water partition coefficient (Wildman–Crippen LogP) is 4.19. The van der Waals surface area contributed by atoms with Gasteiger partial charge in [-0.15, -0.1) is 0 Å². The molecule has 0 aliphatic carbocycles. The topological polar surface area (TPSA) is 27.7 Å². The molecule has 0 aliphatic rings. The lowest BCUT2D eigenvalue weighted by Crippen LogP contribution is -2.33. The van der Waals surface area contributed by atoms with Gasteiger partial charge in [0.2, 0.25) is 0 Å². The molecule has 3 heteroatoms. The molecular formula is C16H34O3. The molecule has 0 rings (SSSR count). The normalized spacial score (nSPS) is 16.4. The Morgan fingerprint density at radius 2 is 1.05 bits per heavy atom. The maximum absolute atomic E-state index is 5.88. The summed E-state index contributed by atoms with van der Waals surface area (Å²) in [6.45, 7) is 18.0. The van der Waals surface area contributed by atoms with E-state index in [0.29, 0.717) is 13.2 Å². The molecule has 2 unspecified atom stereocenters. The van der Waals surface area contributed by atoms with Crippen LogP contribution in [0.3, 0.4) is 0 Å². The van der Waals surface area contributed by atoms with Crippen molar-refractivity contribution in [2.24, 2.45) is 0 Å². The van der Waals surface area contributed by atoms with Gasteiger partial charge < -0.3 is 14.2 Å². The fourth-order valence-electron chi connectivity index (χ4n) is 1.37. The van der Waals surface area contributed by atoms with Crippen LogP contribution in [0, 0.1) is 0 Å². The summed E-state index contributed by atoms with van der Waals surface area (Å²) in [6, 6.07) is 0. The zero-order valence-electron chi connectivity index (χ0n) is 14.2. The lowest BCUT2D eigenvalue weighted by molar-refractivity contribution is -0.123. The number of hydrogen-bond donors (Lipinski definition) is 0. The molecule has 0 aromatic rings. The molecule has 0 saturated heterocycles. The number of ether oxygens (including phenoxy) is 3. The van der Waals surface area contributed by atoms with Crippen LogP contribution in [0.25, 0.3) is 0 Å². The summed E-state index contributed by atoms with van der Waals surface area (Å²) in [5.74, 6) is 0. The van der Waals surface area contributed by atoms with Crippen molar-refractivity contribution in [1.82, 2.24) is 0 Å². The van der Waals surface area contributed by atoms with Gasteiger partial charge in [0.05, 0.1) is 36.6 Å². The van der Waals surface area contributed by atoms with Crippen LogP contribution < -0.4 is 0 Å². The van der Waals surface area contributed by atoms with Gasteiger partial charge in [-0.1, -0.05) is 13.8 Å². The quantitative estimate of drug-likeness (QED) is 0.598. The molecule has 19 heavy (non-hydrogen) atoms. The molecule has 3 nitrogen and oxygen atoms in total. The van der Waals surface area contributed by atoms with Gasteiger partial charge in [-0.3, -0.25) is 0 Å². The lowest BCUT2D eigenvalue weighted by Gasteiger charge is -2.29. The summed E-state index contributed by atoms with van der Waals surface area (Å²) in [4.78, 5) is 0. The third-order valence-corrected chi connectivity index (χ3v) is 3.59. The van der Waals surface area contributed by atoms with E-state index in [9.17, 15) is 0 Å². The lowest BCUT2D eigenvalue weighted by atomic mass is 10.1. The molecular weight excluding hydrogens is 240 g/mol. The summed E-state index contributed by atoms with van der Waals surface area (Å²) in [6.07, 6.45) is 2.19. The Balaban J connectivity index is 3.90. The van der Waals surface area contributed by atoms with Crippen molar-refractivity contribution in [1.29, 1.82) is 0 Å². The van der Waals surface area contributed by atoms with Crippen LogP contribution in [0.1, 0.15) is 68.2 Å². The molecule has 0 aromatic carbocycles. The van der Waals surface area contributed by atoms with Gasteiger partial charge in [-0.25, -0.2) is 0 Å². The van der Waals surface area contributed by atoms with Gasteiger partial charge >= 0.3 is 0 Å². The Bertz CT molecular complexity index is 212. The third kappa shape index (κ3) is 9.42. The van der Waals surface area contributed by atoms with E-state index in [1.165, 1.54) is 0 Å². The van der Waals surface area contributed by atoms with Crippen molar-refractivity contribution in [3.8, 4) is 0 Å². The minimum atomic E-state index is -0.0679. The van der Waals surface area contributed by atoms with Gasteiger partial charge in [-0.05, 0) is 54.4 Å². The van der Waals surface area contributed by atoms with Crippen molar-refractivity contribution in [2.45, 2.75) is 91.6 Å². The number of rotatable bonds is 10. The first-order chi connectivity index (χ1) is 8.62. The second kappa shape index (κ2) is 8.23. The zero-order chi connectivity index (χ0) is 15.1. The molecule has 116 valence electrons. The van der Waals surface area contributed by atoms with Crippen molar-refractivity contribution in [2.75, 3.05) is 13.2 Å². The largest absolute Gasteiger partial charge is 0.373 e. The monoisotopic (exact) mass is 274 g/mol. The van der Waals surface area contributed by atoms with Gasteiger partial charge in [0.25, 0.3) is 0 Å². The average Bonchev–Trinajstić information content (AvgIpc) is 2.34. The highest BCUT2D eigenvalue weighted by Crippen LogP contribution is 2.16. The highest BCUT2D eigenvalue weighted by atomic mass is 16.6. The molecule has 0 aliphatic heterocycles. The van der Waals surface area contributed by atoms with Crippen molar-refractivity contribution in [3.05, 3.63) is 0 Å². The van der Waals surface area contributed by atoms with Crippen LogP contribution in [0.15, 0.2) is 0 Å². The van der Waals surface area contributed by atoms with Crippen LogP contribution in [0.4, 0.5) is 0 Å². The summed E-state index contributed by atoms with van der Waals surface area (Å²) in [7, 11) is 0. The molecule has 0 radical (unpaired) electrons. The van der Waals surface area contributed by atoms with E-state index in [-0.39, 0.29) is 23.4 Å². The van der Waals surface area contributed by atoms with Crippen LogP contribution in [-0.2, 0) is 14.2 Å². The van der Waals surface area contributed by atoms with Gasteiger partial charge in [-0.2, -0.15) is 0 Å². The van der Waals surface area contributed by atoms with E-state index in [0.717, 1.165) is 12.8 Å². The molecule has 0 heterocycles. The summed E-state index contributed by atoms with van der Waals surface area (Å²) in [5, 5.41) is 0. The second-order valence-electron chi connectivity index (χ2n) is 6.61. The van der Waals surface area contributed by atoms with Crippen molar-refractivity contribution in [3.63, 3.8) is 0 Å². The Morgan fingerprint density at radius 1 is 0.737 bits per heavy atom. The number of hydrogen-bond acceptors (Lipinski definition) is 3. The maximum atomic E-state index is 5.88. The highest BCUT2D eigenvalue weighted by Gasteiger charge is 2.20. The van der Waals surface area contributed by atoms with E-state index >= 15 is 0 Å². The Morgan fingerprint density at radius 3 is 1.32 bits per heavy atom. The molecule has 0 bridgehead atoms. The molecule has 0 fully saturated rings. The maximum Gasteiger partial charge on any atom is 0.0785 e. The fraction of sp³-hybridized carbons (Fsp3) is 1.00. The Hall–Kier alpha value is -0.120. The highest BCUT2D eigenvalue weighted by molar-refractivity contribution is 4.68. The van der Waals surface area contributed by atoms with Gasteiger partial charge in [0, 0.05) is 0 Å². The SMILES string of the molecule is CCC(C)(C)OCC(C)OC(C)COC(C)(C)CC. The molecule has 0 saturated carbocycles. The third-order valence-electron chi connectivity index (χ3n) is 3.59. The van der Waals surface area contributed by atoms with Crippen LogP contribution in [0.5, 0.6) is 0 Å². The van der Waals surface area contributed by atoms with Gasteiger partial charge in [0.15, 0.2) is 0 Å². The molecule has 0 spiro atoms. The standard InChI is InChI=1S/C16H34O3/c1-9-15(5,6)17-11-13(3)19-14(4)12-18-16(7,8)10-2/h13-14H,9-12H2,1-8H3. The van der Waals surface area contributed by atoms with E-state index < -0.39 is 0 Å². The van der Waals surface area contributed by atoms with E-state index in [4.69, 9.17) is 14.2 Å². The fourth-order valence-corrected chi connectivity index (χ4v) is 1.37. The summed E-state index contributed by atoms with van der Waals surface area (Å²) in [5.41, 5.74) is -0.136. The predicted molar refractivity (Wildman–Crippen MR) is 80.7 cm³/mol. The Kier molecular flexibility index (Phi) is 8.18. The minimum Gasteiger partial charge on any atom is -0.373 e. The summed E-state index contributed by atoms with van der Waals surface area (Å²) < 4.78 is 17.6. The van der Waals surface area contributed by atoms with E-state index in [2.05, 4.69) is 41.5 Å². The van der Waals surface area contributed by atoms with E-state index in [1.54, 1.807) is 0 Å². The van der Waals surface area contributed by atoms with E-state index in [1.807, 2.05) is 13.8 Å². The minimum absolute atomic E-state index is 0.0679.